The zero-order valence-electron chi connectivity index (χ0n) is 8.77. The van der Waals surface area contributed by atoms with Gasteiger partial charge < -0.3 is 0 Å². The third-order valence-corrected chi connectivity index (χ3v) is 2.11. The number of nitrogens with two attached hydrogens (primary N) is 1. The molecule has 0 bridgehead atoms. The third-order valence-electron chi connectivity index (χ3n) is 2.11. The summed E-state index contributed by atoms with van der Waals surface area (Å²) in [4.78, 5) is 12.5. The molecule has 90 valence electrons. The number of amides is 1. The van der Waals surface area contributed by atoms with Gasteiger partial charge in [-0.25, -0.2) is 5.84 Å². The smallest absolute Gasteiger partial charge is 0.295 e. The Kier molecular flexibility index (Phi) is 5.59. The van der Waals surface area contributed by atoms with E-state index in [0.29, 0.717) is 6.42 Å². The van der Waals surface area contributed by atoms with Gasteiger partial charge in [-0.2, -0.15) is 13.2 Å². The molecular formula is C8H16F3N3O. The predicted octanol–water partition coefficient (Wildman–Crippen LogP) is 0.639. The maximum Gasteiger partial charge on any atom is 0.390 e. The molecule has 0 spiro atoms. The van der Waals surface area contributed by atoms with Gasteiger partial charge in [-0.15, -0.1) is 0 Å². The van der Waals surface area contributed by atoms with Crippen molar-refractivity contribution < 1.29 is 18.0 Å². The van der Waals surface area contributed by atoms with E-state index in [0.717, 1.165) is 0 Å². The molecule has 4 nitrogen and oxygen atoms in total. The van der Waals surface area contributed by atoms with Crippen LogP contribution < -0.4 is 11.3 Å². The Morgan fingerprint density at radius 2 is 2.07 bits per heavy atom. The number of nitrogens with zero attached hydrogens (tertiary/aromatic N) is 1. The lowest BCUT2D eigenvalue weighted by atomic mass is 10.2. The molecule has 0 aliphatic rings. The van der Waals surface area contributed by atoms with Crippen molar-refractivity contribution in [3.63, 3.8) is 0 Å². The number of hydrogen-bond donors (Lipinski definition) is 2. The first-order valence-electron chi connectivity index (χ1n) is 4.59. The number of alkyl halides is 3. The minimum atomic E-state index is -4.20. The van der Waals surface area contributed by atoms with Crippen LogP contribution >= 0.6 is 0 Å². The second-order valence-electron chi connectivity index (χ2n) is 3.28. The number of hydrazine groups is 1. The SMILES string of the molecule is CCC(C(=O)NN)N(C)CCC(F)(F)F. The Balaban J connectivity index is 4.16. The molecule has 15 heavy (non-hydrogen) atoms. The molecule has 3 N–H and O–H groups in total. The standard InChI is InChI=1S/C8H16F3N3O/c1-3-6(7(15)13-12)14(2)5-4-8(9,10)11/h6H,3-5,12H2,1-2H3,(H,13,15). The van der Waals surface area contributed by atoms with Crippen molar-refractivity contribution in [1.82, 2.24) is 10.3 Å². The van der Waals surface area contributed by atoms with Crippen LogP contribution in [0.4, 0.5) is 13.2 Å². The summed E-state index contributed by atoms with van der Waals surface area (Å²) in [6.07, 6.45) is -4.72. The highest BCUT2D eigenvalue weighted by atomic mass is 19.4. The molecule has 1 amide bonds. The minimum absolute atomic E-state index is 0.213. The summed E-state index contributed by atoms with van der Waals surface area (Å²) in [6, 6.07) is -0.614. The van der Waals surface area contributed by atoms with Crippen molar-refractivity contribution in [2.45, 2.75) is 32.0 Å². The number of halogens is 3. The number of nitrogens with one attached hydrogen (secondary N) is 1. The van der Waals surface area contributed by atoms with Gasteiger partial charge in [0, 0.05) is 6.54 Å². The van der Waals surface area contributed by atoms with Crippen molar-refractivity contribution in [2.24, 2.45) is 5.84 Å². The fourth-order valence-electron chi connectivity index (χ4n) is 1.25. The first-order chi connectivity index (χ1) is 6.81. The van der Waals surface area contributed by atoms with Crippen molar-refractivity contribution >= 4 is 5.91 Å². The van der Waals surface area contributed by atoms with Gasteiger partial charge in [-0.1, -0.05) is 6.92 Å². The Morgan fingerprint density at radius 1 is 1.53 bits per heavy atom. The molecule has 0 saturated carbocycles. The number of rotatable bonds is 5. The van der Waals surface area contributed by atoms with Crippen molar-refractivity contribution in [3.05, 3.63) is 0 Å². The van der Waals surface area contributed by atoms with E-state index >= 15 is 0 Å². The molecule has 1 atom stereocenters. The first kappa shape index (κ1) is 14.2. The second kappa shape index (κ2) is 5.92. The van der Waals surface area contributed by atoms with Crippen LogP contribution in [0.5, 0.6) is 0 Å². The number of hydrogen-bond acceptors (Lipinski definition) is 3. The lowest BCUT2D eigenvalue weighted by Gasteiger charge is -2.25. The monoisotopic (exact) mass is 227 g/mol. The van der Waals surface area contributed by atoms with E-state index < -0.39 is 24.5 Å². The average Bonchev–Trinajstić information content (AvgIpc) is 2.14. The van der Waals surface area contributed by atoms with Gasteiger partial charge >= 0.3 is 6.18 Å². The van der Waals surface area contributed by atoms with Gasteiger partial charge in [-0.3, -0.25) is 15.1 Å². The van der Waals surface area contributed by atoms with E-state index in [9.17, 15) is 18.0 Å². The molecule has 0 rings (SSSR count). The highest BCUT2D eigenvalue weighted by molar-refractivity contribution is 5.80. The van der Waals surface area contributed by atoms with Crippen molar-refractivity contribution in [2.75, 3.05) is 13.6 Å². The van der Waals surface area contributed by atoms with Crippen LogP contribution in [0, 0.1) is 0 Å². The fourth-order valence-corrected chi connectivity index (χ4v) is 1.25. The molecule has 0 aliphatic carbocycles. The van der Waals surface area contributed by atoms with Crippen LogP contribution in [0.1, 0.15) is 19.8 Å². The van der Waals surface area contributed by atoms with Crippen LogP contribution in [-0.2, 0) is 4.79 Å². The second-order valence-corrected chi connectivity index (χ2v) is 3.28. The maximum atomic E-state index is 11.9. The Labute approximate surface area is 86.6 Å². The quantitative estimate of drug-likeness (QED) is 0.411. The van der Waals surface area contributed by atoms with Crippen LogP contribution in [0.2, 0.25) is 0 Å². The molecule has 0 aromatic heterocycles. The molecule has 0 fully saturated rings. The molecule has 7 heteroatoms. The van der Waals surface area contributed by atoms with Gasteiger partial charge in [0.15, 0.2) is 0 Å². The number of carbonyl (C=O) groups excluding carboxylic acids is 1. The molecule has 0 heterocycles. The van der Waals surface area contributed by atoms with Gasteiger partial charge in [0.05, 0.1) is 12.5 Å². The summed E-state index contributed by atoms with van der Waals surface area (Å²) >= 11 is 0. The molecule has 1 unspecified atom stereocenters. The predicted molar refractivity (Wildman–Crippen MR) is 49.7 cm³/mol. The normalized spacial score (nSPS) is 14.1. The molecule has 0 aromatic carbocycles. The highest BCUT2D eigenvalue weighted by Gasteiger charge is 2.29. The van der Waals surface area contributed by atoms with E-state index in [1.807, 2.05) is 5.43 Å². The van der Waals surface area contributed by atoms with E-state index in [4.69, 9.17) is 5.84 Å². The molecule has 0 aliphatic heterocycles. The van der Waals surface area contributed by atoms with Crippen LogP contribution in [0.15, 0.2) is 0 Å². The van der Waals surface area contributed by atoms with E-state index in [-0.39, 0.29) is 6.54 Å². The van der Waals surface area contributed by atoms with Gasteiger partial charge in [-0.05, 0) is 13.5 Å². The summed E-state index contributed by atoms with van der Waals surface area (Å²) in [5, 5.41) is 0. The van der Waals surface area contributed by atoms with Crippen LogP contribution in [0.25, 0.3) is 0 Å². The molecule has 0 radical (unpaired) electrons. The van der Waals surface area contributed by atoms with Gasteiger partial charge in [0.25, 0.3) is 5.91 Å². The maximum absolute atomic E-state index is 11.9. The molecule has 0 aromatic rings. The highest BCUT2D eigenvalue weighted by Crippen LogP contribution is 2.20. The summed E-state index contributed by atoms with van der Waals surface area (Å²) in [5.74, 6) is 4.45. The van der Waals surface area contributed by atoms with Crippen molar-refractivity contribution in [1.29, 1.82) is 0 Å². The number of carbonyl (C=O) groups is 1. The summed E-state index contributed by atoms with van der Waals surface area (Å²) in [7, 11) is 1.47. The summed E-state index contributed by atoms with van der Waals surface area (Å²) < 4.78 is 35.7. The van der Waals surface area contributed by atoms with E-state index in [1.165, 1.54) is 11.9 Å². The minimum Gasteiger partial charge on any atom is -0.295 e. The fraction of sp³-hybridized carbons (Fsp3) is 0.875. The largest absolute Gasteiger partial charge is 0.390 e. The van der Waals surface area contributed by atoms with Crippen molar-refractivity contribution in [3.8, 4) is 0 Å². The summed E-state index contributed by atoms with van der Waals surface area (Å²) in [6.45, 7) is 1.50. The molecular weight excluding hydrogens is 211 g/mol. The van der Waals surface area contributed by atoms with Crippen LogP contribution in [0.3, 0.4) is 0 Å². The van der Waals surface area contributed by atoms with E-state index in [1.54, 1.807) is 6.92 Å². The Morgan fingerprint density at radius 3 is 2.40 bits per heavy atom. The third kappa shape index (κ3) is 5.58. The Hall–Kier alpha value is -0.820. The van der Waals surface area contributed by atoms with E-state index in [2.05, 4.69) is 0 Å². The topological polar surface area (TPSA) is 58.4 Å². The van der Waals surface area contributed by atoms with Gasteiger partial charge in [0.1, 0.15) is 0 Å². The lowest BCUT2D eigenvalue weighted by Crippen LogP contribution is -2.48. The summed E-state index contributed by atoms with van der Waals surface area (Å²) in [5.41, 5.74) is 1.93. The number of likely N-dealkylation sites (N-methyl/N-ethyl adjacent to an activating group) is 1. The first-order valence-corrected chi connectivity index (χ1v) is 4.59. The average molecular weight is 227 g/mol. The van der Waals surface area contributed by atoms with Gasteiger partial charge in [0.2, 0.25) is 0 Å². The van der Waals surface area contributed by atoms with Crippen LogP contribution in [-0.4, -0.2) is 36.6 Å². The lowest BCUT2D eigenvalue weighted by molar-refractivity contribution is -0.141. The zero-order valence-corrected chi connectivity index (χ0v) is 8.77. The zero-order chi connectivity index (χ0) is 12.1. The Bertz CT molecular complexity index is 208. The molecule has 0 saturated heterocycles.